The molecule has 0 saturated heterocycles. The molecule has 0 saturated carbocycles. The topological polar surface area (TPSA) is 34.0 Å². The van der Waals surface area contributed by atoms with E-state index in [4.69, 9.17) is 9.97 Å². The largest absolute Gasteiger partial charge is 0.329 e. The lowest BCUT2D eigenvalue weighted by molar-refractivity contribution is 0.879. The second kappa shape index (κ2) is 14.2. The van der Waals surface area contributed by atoms with Gasteiger partial charge in [-0.1, -0.05) is 60.7 Å². The normalized spacial score (nSPS) is 12.9. The lowest BCUT2D eigenvalue weighted by Gasteiger charge is -2.31. The van der Waals surface area contributed by atoms with E-state index in [1.54, 1.807) is 0 Å². The Bertz CT molecular complexity index is 3270. The van der Waals surface area contributed by atoms with Crippen molar-refractivity contribution in [2.24, 2.45) is 0 Å². The Morgan fingerprint density at radius 2 is 1.07 bits per heavy atom. The Labute approximate surface area is 359 Å². The van der Waals surface area contributed by atoms with Crippen LogP contribution in [0.4, 0.5) is 11.5 Å². The Morgan fingerprint density at radius 1 is 0.475 bits per heavy atom. The third-order valence-electron chi connectivity index (χ3n) is 13.8. The van der Waals surface area contributed by atoms with Crippen LogP contribution in [0.5, 0.6) is 0 Å². The van der Waals surface area contributed by atoms with Gasteiger partial charge in [0, 0.05) is 41.5 Å². The molecule has 0 N–H and O–H groups in total. The van der Waals surface area contributed by atoms with E-state index in [0.29, 0.717) is 0 Å². The molecule has 0 amide bonds. The van der Waals surface area contributed by atoms with E-state index in [1.165, 1.54) is 122 Å². The van der Waals surface area contributed by atoms with Gasteiger partial charge in [0.05, 0.1) is 11.0 Å². The summed E-state index contributed by atoms with van der Waals surface area (Å²) in [6, 6.07) is 43.8. The van der Waals surface area contributed by atoms with Crippen LogP contribution in [0.2, 0.25) is 0 Å². The second-order valence-electron chi connectivity index (χ2n) is 17.8. The summed E-state index contributed by atoms with van der Waals surface area (Å²) in [7, 11) is 2.15. The minimum Gasteiger partial charge on any atom is -0.329 e. The fraction of sp³-hybridized carbons (Fsp3) is 0.193. The van der Waals surface area contributed by atoms with Gasteiger partial charge in [-0.3, -0.25) is 4.57 Å². The molecule has 61 heavy (non-hydrogen) atoms. The highest BCUT2D eigenvalue weighted by molar-refractivity contribution is 6.14. The molecule has 0 spiro atoms. The molecule has 3 heterocycles. The van der Waals surface area contributed by atoms with E-state index in [2.05, 4.69) is 173 Å². The minimum absolute atomic E-state index is 0.946. The van der Waals surface area contributed by atoms with Crippen molar-refractivity contribution in [2.45, 2.75) is 67.2 Å². The fourth-order valence-electron chi connectivity index (χ4n) is 10.2. The Hall–Kier alpha value is -6.78. The van der Waals surface area contributed by atoms with Crippen molar-refractivity contribution < 1.29 is 0 Å². The third-order valence-corrected chi connectivity index (χ3v) is 13.8. The maximum Gasteiger partial charge on any atom is 0.137 e. The molecular weight excluding hydrogens is 741 g/mol. The molecule has 2 aliphatic rings. The molecule has 4 nitrogen and oxygen atoms in total. The maximum absolute atomic E-state index is 5.02. The summed E-state index contributed by atoms with van der Waals surface area (Å²) in [5.74, 6) is 1.93. The number of rotatable bonds is 6. The van der Waals surface area contributed by atoms with Crippen molar-refractivity contribution in [2.75, 3.05) is 11.9 Å². The number of hydrogen-bond acceptors (Lipinski definition) is 3. The zero-order chi connectivity index (χ0) is 41.7. The highest BCUT2D eigenvalue weighted by atomic mass is 15.2. The molecule has 298 valence electrons. The van der Waals surface area contributed by atoms with Gasteiger partial charge in [-0.2, -0.15) is 0 Å². The van der Waals surface area contributed by atoms with Crippen LogP contribution >= 0.6 is 0 Å². The van der Waals surface area contributed by atoms with Crippen molar-refractivity contribution >= 4 is 33.3 Å². The molecule has 2 aliphatic carbocycles. The van der Waals surface area contributed by atoms with Crippen LogP contribution < -0.4 is 4.90 Å². The number of nitrogens with zero attached hydrogens (tertiary/aromatic N) is 4. The van der Waals surface area contributed by atoms with E-state index in [-0.39, 0.29) is 0 Å². The van der Waals surface area contributed by atoms with E-state index < -0.39 is 0 Å². The van der Waals surface area contributed by atoms with E-state index in [9.17, 15) is 0 Å². The average Bonchev–Trinajstić information content (AvgIpc) is 3.60. The van der Waals surface area contributed by atoms with Gasteiger partial charge >= 0.3 is 0 Å². The lowest BCUT2D eigenvalue weighted by Crippen LogP contribution is -2.16. The summed E-state index contributed by atoms with van der Waals surface area (Å²) in [5.41, 5.74) is 27.6. The number of aryl methyl sites for hydroxylation is 10. The summed E-state index contributed by atoms with van der Waals surface area (Å²) >= 11 is 0. The van der Waals surface area contributed by atoms with E-state index in [1.807, 2.05) is 12.4 Å². The van der Waals surface area contributed by atoms with Crippen molar-refractivity contribution in [3.8, 4) is 50.3 Å². The predicted molar refractivity (Wildman–Crippen MR) is 256 cm³/mol. The number of aromatic nitrogens is 3. The van der Waals surface area contributed by atoms with Crippen LogP contribution in [-0.4, -0.2) is 21.6 Å². The molecule has 0 aliphatic heterocycles. The zero-order valence-corrected chi connectivity index (χ0v) is 36.2. The van der Waals surface area contributed by atoms with Gasteiger partial charge in [-0.05, 0) is 216 Å². The standard InChI is InChI=1S/C57H50N4/c1-33-20-22-58-53(24-33)60(7)51-18-15-41(39-10-8-35(3)37(5)26-39)30-48(51)46-28-43-12-13-45-32-50-49-31-42(40-11-9-36(4)38(6)27-40)16-19-52(49)61(54-25-34(2)21-23-59-54)57(50)47-17-14-44(29-46)55(43)56(45)47/h8-11,15-16,18-32H,12-14,17H2,1-7H3. The first-order valence-electron chi connectivity index (χ1n) is 21.8. The third kappa shape index (κ3) is 6.11. The van der Waals surface area contributed by atoms with Crippen molar-refractivity contribution in [1.82, 2.24) is 14.5 Å². The average molecular weight is 791 g/mol. The number of hydrogen-bond donors (Lipinski definition) is 0. The van der Waals surface area contributed by atoms with Crippen LogP contribution in [-0.2, 0) is 25.7 Å². The van der Waals surface area contributed by atoms with Crippen LogP contribution in [0.25, 0.3) is 72.1 Å². The highest BCUT2D eigenvalue weighted by Gasteiger charge is 2.31. The van der Waals surface area contributed by atoms with Gasteiger partial charge in [-0.15, -0.1) is 0 Å². The SMILES string of the molecule is Cc1ccnc(N(C)c2ccc(-c3ccc(C)c(C)c3)cc2-c2cc3c4c(c2)CCc2c-4c(cc4c5cc(-c6ccc(C)c(C)c6)ccc5n(-c5cc(C)ccn5)c24)CC3)c1. The molecule has 3 aromatic heterocycles. The lowest BCUT2D eigenvalue weighted by atomic mass is 9.73. The molecule has 0 atom stereocenters. The van der Waals surface area contributed by atoms with Gasteiger partial charge in [0.1, 0.15) is 11.6 Å². The number of pyridine rings is 2. The van der Waals surface area contributed by atoms with Crippen LogP contribution in [0.3, 0.4) is 0 Å². The first-order chi connectivity index (χ1) is 29.6. The second-order valence-corrected chi connectivity index (χ2v) is 17.8. The van der Waals surface area contributed by atoms with Gasteiger partial charge < -0.3 is 4.90 Å². The zero-order valence-electron chi connectivity index (χ0n) is 36.2. The minimum atomic E-state index is 0.946. The summed E-state index contributed by atoms with van der Waals surface area (Å²) in [5, 5.41) is 2.63. The highest BCUT2D eigenvalue weighted by Crippen LogP contribution is 2.50. The van der Waals surface area contributed by atoms with Gasteiger partial charge in [-0.25, -0.2) is 9.97 Å². The summed E-state index contributed by atoms with van der Waals surface area (Å²) in [4.78, 5) is 12.1. The van der Waals surface area contributed by atoms with E-state index in [0.717, 1.165) is 43.0 Å². The molecule has 6 aromatic carbocycles. The van der Waals surface area contributed by atoms with Crippen LogP contribution in [0.1, 0.15) is 55.6 Å². The summed E-state index contributed by atoms with van der Waals surface area (Å²) in [6.45, 7) is 13.1. The number of fused-ring (bicyclic) bond motifs is 4. The van der Waals surface area contributed by atoms with Crippen molar-refractivity contribution in [3.63, 3.8) is 0 Å². The van der Waals surface area contributed by atoms with Gasteiger partial charge in [0.15, 0.2) is 0 Å². The summed E-state index contributed by atoms with van der Waals surface area (Å²) in [6.07, 6.45) is 7.87. The molecule has 0 fully saturated rings. The molecule has 4 heteroatoms. The maximum atomic E-state index is 5.02. The number of anilines is 2. The molecule has 11 rings (SSSR count). The molecule has 0 unspecified atom stereocenters. The quantitative estimate of drug-likeness (QED) is 0.168. The van der Waals surface area contributed by atoms with Crippen LogP contribution in [0.15, 0.2) is 128 Å². The predicted octanol–water partition coefficient (Wildman–Crippen LogP) is 14.1. The van der Waals surface area contributed by atoms with Gasteiger partial charge in [0.2, 0.25) is 0 Å². The van der Waals surface area contributed by atoms with Crippen molar-refractivity contribution in [3.05, 3.63) is 183 Å². The monoisotopic (exact) mass is 790 g/mol. The van der Waals surface area contributed by atoms with Crippen molar-refractivity contribution in [1.29, 1.82) is 0 Å². The molecular formula is C57H50N4. The Kier molecular flexibility index (Phi) is 8.65. The smallest absolute Gasteiger partial charge is 0.137 e. The molecule has 0 bridgehead atoms. The van der Waals surface area contributed by atoms with Gasteiger partial charge in [0.25, 0.3) is 0 Å². The molecule has 0 radical (unpaired) electrons. The van der Waals surface area contributed by atoms with Crippen LogP contribution in [0, 0.1) is 41.5 Å². The van der Waals surface area contributed by atoms with E-state index >= 15 is 0 Å². The first kappa shape index (κ1) is 37.2. The fourth-order valence-corrected chi connectivity index (χ4v) is 10.2. The molecule has 9 aromatic rings. The summed E-state index contributed by atoms with van der Waals surface area (Å²) < 4.78 is 2.46. The Morgan fingerprint density at radius 3 is 1.74 bits per heavy atom. The number of benzene rings is 6. The first-order valence-corrected chi connectivity index (χ1v) is 21.8. The Balaban J connectivity index is 1.12.